The third-order valence-electron chi connectivity index (χ3n) is 12.3. The molecule has 1 atom stereocenters. The summed E-state index contributed by atoms with van der Waals surface area (Å²) in [5, 5.41) is 0. The standard InChI is InChI=1S/C55H104O6/c1-4-7-10-13-16-19-22-25-27-28-31-33-36-39-42-45-48-54(57)60-51-52(50-59-53(56)47-44-41-38-35-32-29-24-21-18-15-12-9-6-3)61-55(58)49-46-43-40-37-34-30-26-23-20-17-14-11-8-5-2/h23,26,52H,4-22,24-25,27-51H2,1-3H3/b26-23+/t52-/m1/s1. The van der Waals surface area contributed by atoms with Gasteiger partial charge in [-0.25, -0.2) is 0 Å². The minimum Gasteiger partial charge on any atom is -0.462 e. The van der Waals surface area contributed by atoms with E-state index in [4.69, 9.17) is 14.2 Å². The second-order valence-electron chi connectivity index (χ2n) is 18.5. The Morgan fingerprint density at radius 3 is 0.820 bits per heavy atom. The fourth-order valence-electron chi connectivity index (χ4n) is 8.14. The highest BCUT2D eigenvalue weighted by molar-refractivity contribution is 5.71. The van der Waals surface area contributed by atoms with E-state index in [1.807, 2.05) is 0 Å². The van der Waals surface area contributed by atoms with Crippen molar-refractivity contribution >= 4 is 17.9 Å². The Morgan fingerprint density at radius 2 is 0.541 bits per heavy atom. The summed E-state index contributed by atoms with van der Waals surface area (Å²) in [6.45, 7) is 6.67. The molecule has 0 N–H and O–H groups in total. The van der Waals surface area contributed by atoms with Crippen LogP contribution in [-0.4, -0.2) is 37.2 Å². The highest BCUT2D eigenvalue weighted by atomic mass is 16.6. The van der Waals surface area contributed by atoms with Crippen LogP contribution in [0, 0.1) is 0 Å². The molecule has 0 saturated carbocycles. The molecule has 0 rings (SSSR count). The van der Waals surface area contributed by atoms with Crippen molar-refractivity contribution in [3.8, 4) is 0 Å². The molecular formula is C55H104O6. The number of esters is 3. The molecule has 0 amide bonds. The first-order valence-corrected chi connectivity index (χ1v) is 27.2. The van der Waals surface area contributed by atoms with E-state index in [0.717, 1.165) is 64.2 Å². The molecule has 0 spiro atoms. The van der Waals surface area contributed by atoms with Gasteiger partial charge in [-0.15, -0.1) is 0 Å². The highest BCUT2D eigenvalue weighted by Crippen LogP contribution is 2.16. The molecule has 0 aliphatic rings. The zero-order valence-electron chi connectivity index (χ0n) is 41.2. The van der Waals surface area contributed by atoms with E-state index < -0.39 is 6.10 Å². The molecule has 61 heavy (non-hydrogen) atoms. The zero-order valence-corrected chi connectivity index (χ0v) is 41.2. The molecule has 360 valence electrons. The number of allylic oxidation sites excluding steroid dienone is 2. The molecule has 0 heterocycles. The highest BCUT2D eigenvalue weighted by Gasteiger charge is 2.19. The summed E-state index contributed by atoms with van der Waals surface area (Å²) in [4.78, 5) is 38.0. The van der Waals surface area contributed by atoms with Gasteiger partial charge in [-0.1, -0.05) is 251 Å². The van der Waals surface area contributed by atoms with E-state index in [2.05, 4.69) is 32.9 Å². The number of unbranched alkanes of at least 4 members (excludes halogenated alkanes) is 37. The third kappa shape index (κ3) is 49.0. The van der Waals surface area contributed by atoms with Crippen LogP contribution in [-0.2, 0) is 28.6 Å². The quantitative estimate of drug-likeness (QED) is 0.0262. The molecule has 0 bridgehead atoms. The fraction of sp³-hybridized carbons (Fsp3) is 0.909. The van der Waals surface area contributed by atoms with Crippen molar-refractivity contribution in [2.45, 2.75) is 309 Å². The van der Waals surface area contributed by atoms with Gasteiger partial charge < -0.3 is 14.2 Å². The van der Waals surface area contributed by atoms with E-state index in [0.29, 0.717) is 19.3 Å². The van der Waals surface area contributed by atoms with Crippen molar-refractivity contribution in [1.29, 1.82) is 0 Å². The topological polar surface area (TPSA) is 78.9 Å². The summed E-state index contributed by atoms with van der Waals surface area (Å²) in [5.74, 6) is -0.856. The van der Waals surface area contributed by atoms with Crippen LogP contribution in [0.2, 0.25) is 0 Å². The van der Waals surface area contributed by atoms with Gasteiger partial charge in [0.25, 0.3) is 0 Å². The third-order valence-corrected chi connectivity index (χ3v) is 12.3. The van der Waals surface area contributed by atoms with Gasteiger partial charge >= 0.3 is 17.9 Å². The molecule has 0 radical (unpaired) electrons. The monoisotopic (exact) mass is 861 g/mol. The summed E-state index contributed by atoms with van der Waals surface area (Å²) in [6, 6.07) is 0. The summed E-state index contributed by atoms with van der Waals surface area (Å²) in [7, 11) is 0. The van der Waals surface area contributed by atoms with Crippen LogP contribution in [0.4, 0.5) is 0 Å². The van der Waals surface area contributed by atoms with Gasteiger partial charge in [0.2, 0.25) is 0 Å². The van der Waals surface area contributed by atoms with Crippen LogP contribution in [0.15, 0.2) is 12.2 Å². The normalized spacial score (nSPS) is 12.0. The molecule has 0 aromatic rings. The Kier molecular flexibility index (Phi) is 49.3. The summed E-state index contributed by atoms with van der Waals surface area (Å²) in [6.07, 6.45) is 56.2. The van der Waals surface area contributed by atoms with E-state index in [1.54, 1.807) is 0 Å². The summed E-state index contributed by atoms with van der Waals surface area (Å²) < 4.78 is 16.8. The maximum atomic E-state index is 12.8. The smallest absolute Gasteiger partial charge is 0.306 e. The maximum Gasteiger partial charge on any atom is 0.306 e. The van der Waals surface area contributed by atoms with Gasteiger partial charge in [0, 0.05) is 19.3 Å². The van der Waals surface area contributed by atoms with Crippen LogP contribution in [0.3, 0.4) is 0 Å². The molecule has 0 aliphatic carbocycles. The Labute approximate surface area is 380 Å². The molecule has 0 fully saturated rings. The van der Waals surface area contributed by atoms with Crippen molar-refractivity contribution in [3.05, 3.63) is 12.2 Å². The summed E-state index contributed by atoms with van der Waals surface area (Å²) in [5.41, 5.74) is 0. The first kappa shape index (κ1) is 59.1. The van der Waals surface area contributed by atoms with Crippen LogP contribution < -0.4 is 0 Å². The number of carbonyl (C=O) groups is 3. The van der Waals surface area contributed by atoms with E-state index >= 15 is 0 Å². The Balaban J connectivity index is 4.32. The maximum absolute atomic E-state index is 12.8. The van der Waals surface area contributed by atoms with Gasteiger partial charge in [0.15, 0.2) is 6.10 Å². The lowest BCUT2D eigenvalue weighted by Crippen LogP contribution is -2.30. The van der Waals surface area contributed by atoms with Crippen molar-refractivity contribution < 1.29 is 28.6 Å². The first-order valence-electron chi connectivity index (χ1n) is 27.2. The molecule has 0 aromatic heterocycles. The van der Waals surface area contributed by atoms with Gasteiger partial charge in [-0.05, 0) is 44.9 Å². The average molecular weight is 861 g/mol. The molecule has 0 aliphatic heterocycles. The lowest BCUT2D eigenvalue weighted by atomic mass is 10.0. The minimum absolute atomic E-state index is 0.0677. The van der Waals surface area contributed by atoms with Gasteiger partial charge in [-0.3, -0.25) is 14.4 Å². The summed E-state index contributed by atoms with van der Waals surface area (Å²) >= 11 is 0. The van der Waals surface area contributed by atoms with E-state index in [1.165, 1.54) is 199 Å². The van der Waals surface area contributed by atoms with Crippen LogP contribution >= 0.6 is 0 Å². The first-order chi connectivity index (χ1) is 30.0. The molecule has 6 nitrogen and oxygen atoms in total. The predicted molar refractivity (Wildman–Crippen MR) is 261 cm³/mol. The lowest BCUT2D eigenvalue weighted by molar-refractivity contribution is -0.167. The number of hydrogen-bond donors (Lipinski definition) is 0. The predicted octanol–water partition coefficient (Wildman–Crippen LogP) is 17.8. The van der Waals surface area contributed by atoms with Crippen molar-refractivity contribution in [3.63, 3.8) is 0 Å². The van der Waals surface area contributed by atoms with Crippen LogP contribution in [0.1, 0.15) is 303 Å². The van der Waals surface area contributed by atoms with Crippen LogP contribution in [0.5, 0.6) is 0 Å². The number of carbonyl (C=O) groups excluding carboxylic acids is 3. The second-order valence-corrected chi connectivity index (χ2v) is 18.5. The molecule has 6 heteroatoms. The lowest BCUT2D eigenvalue weighted by Gasteiger charge is -2.18. The number of hydrogen-bond acceptors (Lipinski definition) is 6. The minimum atomic E-state index is -0.767. The Hall–Kier alpha value is -1.85. The SMILES string of the molecule is CCCCCCC/C=C/CCCCCCCC(=O)O[C@H](COC(=O)CCCCCCCCCCCCCCC)COC(=O)CCCCCCCCCCCCCCCCCC. The van der Waals surface area contributed by atoms with Crippen molar-refractivity contribution in [1.82, 2.24) is 0 Å². The molecule has 0 aromatic carbocycles. The van der Waals surface area contributed by atoms with Crippen LogP contribution in [0.25, 0.3) is 0 Å². The number of rotatable bonds is 50. The molecular weight excluding hydrogens is 757 g/mol. The molecule has 0 unspecified atom stereocenters. The zero-order chi connectivity index (χ0) is 44.4. The van der Waals surface area contributed by atoms with Crippen molar-refractivity contribution in [2.24, 2.45) is 0 Å². The van der Waals surface area contributed by atoms with Gasteiger partial charge in [0.1, 0.15) is 13.2 Å². The molecule has 0 saturated heterocycles. The number of ether oxygens (including phenoxy) is 3. The Bertz CT molecular complexity index is 947. The second kappa shape index (κ2) is 50.8. The van der Waals surface area contributed by atoms with Gasteiger partial charge in [0.05, 0.1) is 0 Å². The van der Waals surface area contributed by atoms with Crippen molar-refractivity contribution in [2.75, 3.05) is 13.2 Å². The van der Waals surface area contributed by atoms with E-state index in [9.17, 15) is 14.4 Å². The average Bonchev–Trinajstić information content (AvgIpc) is 3.26. The largest absolute Gasteiger partial charge is 0.462 e. The van der Waals surface area contributed by atoms with E-state index in [-0.39, 0.29) is 31.1 Å². The van der Waals surface area contributed by atoms with Gasteiger partial charge in [-0.2, -0.15) is 0 Å². The Morgan fingerprint density at radius 1 is 0.311 bits per heavy atom. The fourth-order valence-corrected chi connectivity index (χ4v) is 8.14.